The van der Waals surface area contributed by atoms with Crippen LogP contribution in [0.15, 0.2) is 24.3 Å². The van der Waals surface area contributed by atoms with Crippen LogP contribution in [0.5, 0.6) is 0 Å². The first kappa shape index (κ1) is 15.8. The van der Waals surface area contributed by atoms with E-state index >= 15 is 0 Å². The second-order valence-corrected chi connectivity index (χ2v) is 5.77. The predicted octanol–water partition coefficient (Wildman–Crippen LogP) is 3.21. The molecule has 0 aliphatic carbocycles. The first-order valence-electron chi connectivity index (χ1n) is 6.16. The summed E-state index contributed by atoms with van der Waals surface area (Å²) in [6, 6.07) is 7.05. The highest BCUT2D eigenvalue weighted by molar-refractivity contribution is 6.31. The number of nitrogens with zero attached hydrogens (tertiary/aromatic N) is 1. The van der Waals surface area contributed by atoms with Crippen molar-refractivity contribution >= 4 is 17.7 Å². The lowest BCUT2D eigenvalue weighted by atomic mass is 10.1. The minimum Gasteiger partial charge on any atom is -0.444 e. The molecule has 0 aliphatic rings. The first-order valence-corrected chi connectivity index (χ1v) is 6.54. The van der Waals surface area contributed by atoms with Crippen molar-refractivity contribution in [3.05, 3.63) is 34.9 Å². The molecule has 1 amide bonds. The molecule has 1 unspecified atom stereocenters. The standard InChI is InChI=1S/C14H21ClN2O2/c1-14(2,3)19-13(18)17(4)12(9-16)10-7-5-6-8-11(10)15/h5-8,12H,9,16H2,1-4H3. The molecule has 4 nitrogen and oxygen atoms in total. The van der Waals surface area contributed by atoms with Crippen LogP contribution in [0, 0.1) is 0 Å². The lowest BCUT2D eigenvalue weighted by Crippen LogP contribution is -2.39. The molecular weight excluding hydrogens is 264 g/mol. The molecule has 19 heavy (non-hydrogen) atoms. The van der Waals surface area contributed by atoms with Gasteiger partial charge in [-0.05, 0) is 32.4 Å². The lowest BCUT2D eigenvalue weighted by Gasteiger charge is -2.30. The zero-order valence-corrected chi connectivity index (χ0v) is 12.6. The van der Waals surface area contributed by atoms with Gasteiger partial charge in [-0.3, -0.25) is 0 Å². The van der Waals surface area contributed by atoms with E-state index in [1.54, 1.807) is 13.1 Å². The van der Waals surface area contributed by atoms with E-state index < -0.39 is 11.7 Å². The van der Waals surface area contributed by atoms with Gasteiger partial charge in [-0.1, -0.05) is 29.8 Å². The Labute approximate surface area is 119 Å². The summed E-state index contributed by atoms with van der Waals surface area (Å²) in [4.78, 5) is 13.5. The summed E-state index contributed by atoms with van der Waals surface area (Å²) in [5.74, 6) is 0. The van der Waals surface area contributed by atoms with Crippen molar-refractivity contribution in [2.24, 2.45) is 5.73 Å². The van der Waals surface area contributed by atoms with Gasteiger partial charge in [-0.15, -0.1) is 0 Å². The highest BCUT2D eigenvalue weighted by Crippen LogP contribution is 2.27. The van der Waals surface area contributed by atoms with E-state index in [4.69, 9.17) is 22.1 Å². The molecule has 1 rings (SSSR count). The number of hydrogen-bond acceptors (Lipinski definition) is 3. The Balaban J connectivity index is 2.92. The van der Waals surface area contributed by atoms with Crippen molar-refractivity contribution in [3.8, 4) is 0 Å². The van der Waals surface area contributed by atoms with E-state index in [9.17, 15) is 4.79 Å². The highest BCUT2D eigenvalue weighted by Gasteiger charge is 2.26. The first-order chi connectivity index (χ1) is 8.76. The van der Waals surface area contributed by atoms with Gasteiger partial charge in [0.25, 0.3) is 0 Å². The van der Waals surface area contributed by atoms with Gasteiger partial charge >= 0.3 is 6.09 Å². The summed E-state index contributed by atoms with van der Waals surface area (Å²) in [5.41, 5.74) is 6.05. The summed E-state index contributed by atoms with van der Waals surface area (Å²) in [6.45, 7) is 5.75. The van der Waals surface area contributed by atoms with Gasteiger partial charge in [0.1, 0.15) is 5.60 Å². The molecule has 106 valence electrons. The van der Waals surface area contributed by atoms with E-state index in [0.717, 1.165) is 5.56 Å². The van der Waals surface area contributed by atoms with Crippen molar-refractivity contribution in [1.82, 2.24) is 4.90 Å². The average Bonchev–Trinajstić information content (AvgIpc) is 2.30. The summed E-state index contributed by atoms with van der Waals surface area (Å²) in [5, 5.41) is 0.591. The molecule has 0 saturated carbocycles. The van der Waals surface area contributed by atoms with Crippen LogP contribution in [0.4, 0.5) is 4.79 Å². The fourth-order valence-electron chi connectivity index (χ4n) is 1.70. The molecule has 0 spiro atoms. The zero-order valence-electron chi connectivity index (χ0n) is 11.8. The Bertz CT molecular complexity index is 443. The number of nitrogens with two attached hydrogens (primary N) is 1. The number of ether oxygens (including phenoxy) is 1. The maximum atomic E-state index is 12.0. The molecular formula is C14H21ClN2O2. The van der Waals surface area contributed by atoms with Gasteiger partial charge in [0, 0.05) is 18.6 Å². The Morgan fingerprint density at radius 2 is 2.00 bits per heavy atom. The van der Waals surface area contributed by atoms with E-state index in [0.29, 0.717) is 5.02 Å². The molecule has 0 radical (unpaired) electrons. The molecule has 5 heteroatoms. The number of hydrogen-bond donors (Lipinski definition) is 1. The molecule has 0 aliphatic heterocycles. The van der Waals surface area contributed by atoms with E-state index in [1.807, 2.05) is 39.0 Å². The van der Waals surface area contributed by atoms with Crippen LogP contribution in [-0.2, 0) is 4.74 Å². The molecule has 0 heterocycles. The molecule has 1 aromatic carbocycles. The van der Waals surface area contributed by atoms with Gasteiger partial charge in [0.2, 0.25) is 0 Å². The quantitative estimate of drug-likeness (QED) is 0.927. The fourth-order valence-corrected chi connectivity index (χ4v) is 1.96. The van der Waals surface area contributed by atoms with Gasteiger partial charge in [-0.25, -0.2) is 4.79 Å². The van der Waals surface area contributed by atoms with E-state index in [1.165, 1.54) is 4.90 Å². The molecule has 2 N–H and O–H groups in total. The van der Waals surface area contributed by atoms with Crippen LogP contribution in [0.1, 0.15) is 32.4 Å². The summed E-state index contributed by atoms with van der Waals surface area (Å²) >= 11 is 6.15. The number of halogens is 1. The summed E-state index contributed by atoms with van der Waals surface area (Å²) in [7, 11) is 1.66. The van der Waals surface area contributed by atoms with Crippen LogP contribution in [-0.4, -0.2) is 30.2 Å². The SMILES string of the molecule is CN(C(=O)OC(C)(C)C)C(CN)c1ccccc1Cl. The monoisotopic (exact) mass is 284 g/mol. The topological polar surface area (TPSA) is 55.6 Å². The Kier molecular flexibility index (Phi) is 5.20. The molecule has 1 aromatic rings. The maximum Gasteiger partial charge on any atom is 0.410 e. The number of carbonyl (C=O) groups excluding carboxylic acids is 1. The predicted molar refractivity (Wildman–Crippen MR) is 77.2 cm³/mol. The van der Waals surface area contributed by atoms with Gasteiger partial charge in [0.05, 0.1) is 6.04 Å². The van der Waals surface area contributed by atoms with Gasteiger partial charge < -0.3 is 15.4 Å². The minimum atomic E-state index is -0.537. The van der Waals surface area contributed by atoms with Crippen molar-refractivity contribution in [3.63, 3.8) is 0 Å². The molecule has 0 fully saturated rings. The third-order valence-corrected chi connectivity index (χ3v) is 2.98. The second-order valence-electron chi connectivity index (χ2n) is 5.36. The average molecular weight is 285 g/mol. The van der Waals surface area contributed by atoms with Crippen LogP contribution >= 0.6 is 11.6 Å². The highest BCUT2D eigenvalue weighted by atomic mass is 35.5. The van der Waals surface area contributed by atoms with E-state index in [-0.39, 0.29) is 12.6 Å². The van der Waals surface area contributed by atoms with Crippen molar-refractivity contribution < 1.29 is 9.53 Å². The molecule has 0 aromatic heterocycles. The number of rotatable bonds is 3. The Morgan fingerprint density at radius 3 is 2.47 bits per heavy atom. The number of amides is 1. The van der Waals surface area contributed by atoms with Crippen LogP contribution in [0.3, 0.4) is 0 Å². The van der Waals surface area contributed by atoms with Crippen LogP contribution in [0.25, 0.3) is 0 Å². The number of benzene rings is 1. The Morgan fingerprint density at radius 1 is 1.42 bits per heavy atom. The molecule has 0 saturated heterocycles. The normalized spacial score (nSPS) is 12.9. The fraction of sp³-hybridized carbons (Fsp3) is 0.500. The van der Waals surface area contributed by atoms with Crippen LogP contribution < -0.4 is 5.73 Å². The summed E-state index contributed by atoms with van der Waals surface area (Å²) in [6.07, 6.45) is -0.414. The largest absolute Gasteiger partial charge is 0.444 e. The van der Waals surface area contributed by atoms with Crippen molar-refractivity contribution in [1.29, 1.82) is 0 Å². The molecule has 0 bridgehead atoms. The minimum absolute atomic E-state index is 0.277. The van der Waals surface area contributed by atoms with Crippen LogP contribution in [0.2, 0.25) is 5.02 Å². The number of carbonyl (C=O) groups is 1. The molecule has 1 atom stereocenters. The number of likely N-dealkylation sites (N-methyl/N-ethyl adjacent to an activating group) is 1. The zero-order chi connectivity index (χ0) is 14.6. The van der Waals surface area contributed by atoms with Crippen molar-refractivity contribution in [2.75, 3.05) is 13.6 Å². The lowest BCUT2D eigenvalue weighted by molar-refractivity contribution is 0.0226. The smallest absolute Gasteiger partial charge is 0.410 e. The maximum absolute atomic E-state index is 12.0. The van der Waals surface area contributed by atoms with E-state index in [2.05, 4.69) is 0 Å². The summed E-state index contributed by atoms with van der Waals surface area (Å²) < 4.78 is 5.33. The third-order valence-electron chi connectivity index (χ3n) is 2.64. The second kappa shape index (κ2) is 6.26. The van der Waals surface area contributed by atoms with Gasteiger partial charge in [0.15, 0.2) is 0 Å². The van der Waals surface area contributed by atoms with Gasteiger partial charge in [-0.2, -0.15) is 0 Å². The third kappa shape index (κ3) is 4.40. The Hall–Kier alpha value is -1.26. The van der Waals surface area contributed by atoms with Crippen molar-refractivity contribution in [2.45, 2.75) is 32.4 Å².